The van der Waals surface area contributed by atoms with Gasteiger partial charge in [0.2, 0.25) is 5.91 Å². The predicted octanol–water partition coefficient (Wildman–Crippen LogP) is 2.46. The molecule has 0 spiro atoms. The van der Waals surface area contributed by atoms with Gasteiger partial charge in [0.25, 0.3) is 11.8 Å². The molecular formula is C22H34F4N4O6. The number of alkyl halides is 4. The van der Waals surface area contributed by atoms with Gasteiger partial charge >= 0.3 is 12.1 Å². The van der Waals surface area contributed by atoms with E-state index in [1.807, 2.05) is 5.32 Å². The van der Waals surface area contributed by atoms with Crippen LogP contribution in [-0.4, -0.2) is 88.7 Å². The first-order chi connectivity index (χ1) is 16.7. The topological polar surface area (TPSA) is 120 Å². The lowest BCUT2D eigenvalue weighted by molar-refractivity contribution is -0.149. The first-order valence-electron chi connectivity index (χ1n) is 12.2. The summed E-state index contributed by atoms with van der Waals surface area (Å²) in [5.74, 6) is -8.48. The molecular weight excluding hydrogens is 492 g/mol. The first-order valence-corrected chi connectivity index (χ1v) is 12.2. The second-order valence-corrected chi connectivity index (χ2v) is 9.54. The Balaban J connectivity index is 0.000000201. The maximum absolute atomic E-state index is 14.1. The number of carbonyl (C=O) groups excluding carboxylic acids is 3. The molecule has 0 aromatic heterocycles. The normalized spacial score (nSPS) is 37.8. The third-order valence-corrected chi connectivity index (χ3v) is 7.25. The van der Waals surface area contributed by atoms with Crippen molar-refractivity contribution in [1.82, 2.24) is 20.4 Å². The molecule has 4 heterocycles. The Labute approximate surface area is 206 Å². The zero-order valence-corrected chi connectivity index (χ0v) is 20.7. The standard InChI is InChI=1S/C11H18F2N2O3.C11H16F2N2O3/c2*1-3-7-6(2)11(12,13)9(18-7)15-5-4-8(16)14-10(15)17/h6-9,16H,3-5H2,1-2H3,(H,14,17);6-7,9H,3-5H2,1-2H3,(H,14,16,17)/t6-,7-,8?,9-;6-,7-,9-/m11/s1. The van der Waals surface area contributed by atoms with Crippen LogP contribution in [-0.2, 0) is 14.3 Å². The van der Waals surface area contributed by atoms with Gasteiger partial charge in [-0.25, -0.2) is 27.2 Å². The monoisotopic (exact) mass is 526 g/mol. The molecule has 0 bridgehead atoms. The van der Waals surface area contributed by atoms with Gasteiger partial charge in [-0.3, -0.25) is 19.9 Å². The molecule has 4 fully saturated rings. The fourth-order valence-corrected chi connectivity index (χ4v) is 4.84. The molecule has 3 N–H and O–H groups in total. The molecule has 0 saturated carbocycles. The lowest BCUT2D eigenvalue weighted by Gasteiger charge is -2.36. The van der Waals surface area contributed by atoms with Crippen molar-refractivity contribution in [2.45, 2.75) is 96.1 Å². The average Bonchev–Trinajstić information content (AvgIpc) is 3.17. The molecule has 0 aliphatic carbocycles. The van der Waals surface area contributed by atoms with Crippen molar-refractivity contribution in [2.24, 2.45) is 11.8 Å². The molecule has 5 amide bonds. The molecule has 36 heavy (non-hydrogen) atoms. The third kappa shape index (κ3) is 5.25. The van der Waals surface area contributed by atoms with E-state index in [9.17, 15) is 37.1 Å². The molecule has 14 heteroatoms. The molecule has 4 saturated heterocycles. The molecule has 0 aromatic rings. The summed E-state index contributed by atoms with van der Waals surface area (Å²) in [6.07, 6.45) is -4.04. The summed E-state index contributed by atoms with van der Waals surface area (Å²) in [7, 11) is 0. The molecule has 4 aliphatic rings. The third-order valence-electron chi connectivity index (χ3n) is 7.25. The van der Waals surface area contributed by atoms with Gasteiger partial charge in [0.15, 0.2) is 12.5 Å². The lowest BCUT2D eigenvalue weighted by atomic mass is 9.97. The van der Waals surface area contributed by atoms with Crippen molar-refractivity contribution < 1.29 is 46.5 Å². The second-order valence-electron chi connectivity index (χ2n) is 9.54. The Hall–Kier alpha value is -2.19. The first kappa shape index (κ1) is 28.4. The van der Waals surface area contributed by atoms with Gasteiger partial charge < -0.3 is 19.9 Å². The lowest BCUT2D eigenvalue weighted by Crippen LogP contribution is -2.59. The van der Waals surface area contributed by atoms with Crippen LogP contribution in [0.2, 0.25) is 0 Å². The van der Waals surface area contributed by atoms with Crippen LogP contribution < -0.4 is 10.6 Å². The van der Waals surface area contributed by atoms with E-state index < -0.39 is 72.5 Å². The molecule has 7 atom stereocenters. The van der Waals surface area contributed by atoms with Crippen LogP contribution in [0.4, 0.5) is 27.2 Å². The van der Waals surface area contributed by atoms with E-state index in [-0.39, 0.29) is 25.9 Å². The van der Waals surface area contributed by atoms with Crippen LogP contribution in [0, 0.1) is 11.8 Å². The van der Waals surface area contributed by atoms with Crippen LogP contribution in [0.5, 0.6) is 0 Å². The van der Waals surface area contributed by atoms with Crippen LogP contribution in [0.25, 0.3) is 0 Å². The van der Waals surface area contributed by atoms with E-state index in [0.29, 0.717) is 12.8 Å². The minimum absolute atomic E-state index is 0.0207. The Morgan fingerprint density at radius 1 is 0.889 bits per heavy atom. The van der Waals surface area contributed by atoms with Gasteiger partial charge in [-0.1, -0.05) is 27.7 Å². The van der Waals surface area contributed by atoms with Crippen molar-refractivity contribution in [1.29, 1.82) is 0 Å². The number of aliphatic hydroxyl groups excluding tert-OH is 1. The average molecular weight is 527 g/mol. The maximum Gasteiger partial charge on any atom is 0.326 e. The summed E-state index contributed by atoms with van der Waals surface area (Å²) in [6.45, 7) is 6.43. The summed E-state index contributed by atoms with van der Waals surface area (Å²) in [5, 5.41) is 13.5. The predicted molar refractivity (Wildman–Crippen MR) is 117 cm³/mol. The van der Waals surface area contributed by atoms with Crippen molar-refractivity contribution in [3.8, 4) is 0 Å². The molecule has 4 rings (SSSR count). The summed E-state index contributed by atoms with van der Waals surface area (Å²) in [6, 6.07) is -1.51. The van der Waals surface area contributed by atoms with E-state index in [1.54, 1.807) is 13.8 Å². The largest absolute Gasteiger partial charge is 0.374 e. The Kier molecular flexibility index (Phi) is 8.40. The van der Waals surface area contributed by atoms with Crippen LogP contribution >= 0.6 is 0 Å². The number of rotatable bonds is 4. The summed E-state index contributed by atoms with van der Waals surface area (Å²) < 4.78 is 66.9. The minimum atomic E-state index is -3.10. The van der Waals surface area contributed by atoms with Gasteiger partial charge in [0, 0.05) is 25.9 Å². The van der Waals surface area contributed by atoms with Crippen molar-refractivity contribution in [3.05, 3.63) is 0 Å². The highest BCUT2D eigenvalue weighted by Gasteiger charge is 2.60. The van der Waals surface area contributed by atoms with Gasteiger partial charge in [0.05, 0.1) is 24.0 Å². The SMILES string of the molecule is CC[C@H]1O[C@@H](N2CCC(=O)NC2=O)C(F)(F)[C@@H]1C.CC[C@H]1O[C@@H](N2CCC(O)NC2=O)C(F)(F)[C@@H]1C. The van der Waals surface area contributed by atoms with Gasteiger partial charge in [-0.05, 0) is 12.8 Å². The molecule has 10 nitrogen and oxygen atoms in total. The number of halogens is 4. The number of imide groups is 1. The Bertz CT molecular complexity index is 849. The number of urea groups is 2. The van der Waals surface area contributed by atoms with Gasteiger partial charge in [0.1, 0.15) is 6.23 Å². The molecule has 0 radical (unpaired) electrons. The van der Waals surface area contributed by atoms with Gasteiger partial charge in [-0.2, -0.15) is 0 Å². The number of carbonyl (C=O) groups is 3. The van der Waals surface area contributed by atoms with Crippen LogP contribution in [0.15, 0.2) is 0 Å². The van der Waals surface area contributed by atoms with E-state index in [1.165, 1.54) is 13.8 Å². The summed E-state index contributed by atoms with van der Waals surface area (Å²) in [4.78, 5) is 36.1. The highest BCUT2D eigenvalue weighted by atomic mass is 19.3. The quantitative estimate of drug-likeness (QED) is 0.484. The van der Waals surface area contributed by atoms with E-state index in [4.69, 9.17) is 9.47 Å². The fraction of sp³-hybridized carbons (Fsp3) is 0.864. The van der Waals surface area contributed by atoms with Crippen molar-refractivity contribution in [2.75, 3.05) is 13.1 Å². The van der Waals surface area contributed by atoms with Gasteiger partial charge in [-0.15, -0.1) is 0 Å². The number of nitrogens with zero attached hydrogens (tertiary/aromatic N) is 2. The molecule has 1 unspecified atom stereocenters. The number of aliphatic hydroxyl groups is 1. The highest BCUT2D eigenvalue weighted by molar-refractivity contribution is 5.96. The van der Waals surface area contributed by atoms with Crippen molar-refractivity contribution >= 4 is 18.0 Å². The van der Waals surface area contributed by atoms with E-state index in [0.717, 1.165) is 9.80 Å². The molecule has 4 aliphatic heterocycles. The number of ether oxygens (including phenoxy) is 2. The Morgan fingerprint density at radius 3 is 1.75 bits per heavy atom. The van der Waals surface area contributed by atoms with E-state index >= 15 is 0 Å². The summed E-state index contributed by atoms with van der Waals surface area (Å²) in [5.41, 5.74) is 0. The summed E-state index contributed by atoms with van der Waals surface area (Å²) >= 11 is 0. The Morgan fingerprint density at radius 2 is 1.36 bits per heavy atom. The minimum Gasteiger partial charge on any atom is -0.374 e. The number of amides is 5. The fourth-order valence-electron chi connectivity index (χ4n) is 4.84. The van der Waals surface area contributed by atoms with Crippen molar-refractivity contribution in [3.63, 3.8) is 0 Å². The second kappa shape index (κ2) is 10.7. The van der Waals surface area contributed by atoms with E-state index in [2.05, 4.69) is 5.32 Å². The smallest absolute Gasteiger partial charge is 0.326 e. The van der Waals surface area contributed by atoms with Crippen LogP contribution in [0.3, 0.4) is 0 Å². The highest BCUT2D eigenvalue weighted by Crippen LogP contribution is 2.44. The zero-order valence-electron chi connectivity index (χ0n) is 20.7. The molecule has 0 aromatic carbocycles. The van der Waals surface area contributed by atoms with Crippen LogP contribution in [0.1, 0.15) is 53.4 Å². The molecule has 206 valence electrons. The number of nitrogens with one attached hydrogen (secondary N) is 2. The maximum atomic E-state index is 14.1. The number of hydrogen-bond donors (Lipinski definition) is 3. The zero-order chi connectivity index (χ0) is 27.0. The number of hydrogen-bond acceptors (Lipinski definition) is 6.